The fourth-order valence-electron chi connectivity index (χ4n) is 4.61. The van der Waals surface area contributed by atoms with Crippen molar-refractivity contribution in [2.24, 2.45) is 5.92 Å². The SMILES string of the molecule is COCCOCC(=O)N1CCC(N2CCCC(C(=O)N3CCCC3)C2)CC1. The van der Waals surface area contributed by atoms with Crippen LogP contribution < -0.4 is 0 Å². The second kappa shape index (κ2) is 10.4. The van der Waals surface area contributed by atoms with Crippen molar-refractivity contribution in [3.05, 3.63) is 0 Å². The molecule has 7 heteroatoms. The Morgan fingerprint density at radius 1 is 0.889 bits per heavy atom. The first-order valence-corrected chi connectivity index (χ1v) is 10.6. The molecule has 0 saturated carbocycles. The molecule has 0 aromatic carbocycles. The first-order chi connectivity index (χ1) is 13.2. The van der Waals surface area contributed by atoms with Gasteiger partial charge in [-0.05, 0) is 45.1 Å². The Morgan fingerprint density at radius 2 is 1.63 bits per heavy atom. The van der Waals surface area contributed by atoms with Gasteiger partial charge in [-0.25, -0.2) is 0 Å². The second-order valence-electron chi connectivity index (χ2n) is 8.02. The average molecular weight is 382 g/mol. The van der Waals surface area contributed by atoms with E-state index in [9.17, 15) is 9.59 Å². The van der Waals surface area contributed by atoms with Crippen LogP contribution in [0, 0.1) is 5.92 Å². The van der Waals surface area contributed by atoms with Crippen LogP contribution in [0.15, 0.2) is 0 Å². The van der Waals surface area contributed by atoms with Gasteiger partial charge in [0.1, 0.15) is 6.61 Å². The molecule has 1 unspecified atom stereocenters. The van der Waals surface area contributed by atoms with Gasteiger partial charge in [0.15, 0.2) is 0 Å². The zero-order chi connectivity index (χ0) is 19.1. The highest BCUT2D eigenvalue weighted by molar-refractivity contribution is 5.79. The summed E-state index contributed by atoms with van der Waals surface area (Å²) in [5, 5.41) is 0. The summed E-state index contributed by atoms with van der Waals surface area (Å²) >= 11 is 0. The van der Waals surface area contributed by atoms with Crippen LogP contribution in [-0.4, -0.2) is 98.8 Å². The maximum atomic E-state index is 12.7. The van der Waals surface area contributed by atoms with E-state index in [1.165, 1.54) is 0 Å². The van der Waals surface area contributed by atoms with Crippen LogP contribution in [0.3, 0.4) is 0 Å². The minimum atomic E-state index is 0.0743. The molecule has 0 N–H and O–H groups in total. The number of hydrogen-bond donors (Lipinski definition) is 0. The molecule has 0 radical (unpaired) electrons. The standard InChI is InChI=1S/C20H35N3O4/c1-26-13-14-27-16-19(24)21-11-6-18(7-12-21)23-10-4-5-17(15-23)20(25)22-8-2-3-9-22/h17-18H,2-16H2,1H3. The summed E-state index contributed by atoms with van der Waals surface area (Å²) < 4.78 is 10.3. The highest BCUT2D eigenvalue weighted by atomic mass is 16.5. The number of likely N-dealkylation sites (tertiary alicyclic amines) is 3. The summed E-state index contributed by atoms with van der Waals surface area (Å²) in [6, 6.07) is 0.498. The Hall–Kier alpha value is -1.18. The van der Waals surface area contributed by atoms with Crippen LogP contribution in [0.4, 0.5) is 0 Å². The lowest BCUT2D eigenvalue weighted by atomic mass is 9.93. The number of carbonyl (C=O) groups excluding carboxylic acids is 2. The number of methoxy groups -OCH3 is 1. The van der Waals surface area contributed by atoms with E-state index in [1.807, 2.05) is 4.90 Å². The fraction of sp³-hybridized carbons (Fsp3) is 0.900. The third kappa shape index (κ3) is 5.65. The van der Waals surface area contributed by atoms with E-state index in [1.54, 1.807) is 7.11 Å². The lowest BCUT2D eigenvalue weighted by Gasteiger charge is -2.42. The van der Waals surface area contributed by atoms with Gasteiger partial charge in [-0.15, -0.1) is 0 Å². The molecule has 3 aliphatic rings. The van der Waals surface area contributed by atoms with Gasteiger partial charge in [-0.3, -0.25) is 14.5 Å². The second-order valence-corrected chi connectivity index (χ2v) is 8.02. The number of piperidine rings is 2. The summed E-state index contributed by atoms with van der Waals surface area (Å²) in [7, 11) is 1.62. The van der Waals surface area contributed by atoms with Crippen LogP contribution in [0.1, 0.15) is 38.5 Å². The number of amides is 2. The van der Waals surface area contributed by atoms with Crippen molar-refractivity contribution in [2.45, 2.75) is 44.6 Å². The molecule has 3 fully saturated rings. The lowest BCUT2D eigenvalue weighted by molar-refractivity contribution is -0.138. The van der Waals surface area contributed by atoms with E-state index in [2.05, 4.69) is 9.80 Å². The van der Waals surface area contributed by atoms with Crippen molar-refractivity contribution in [1.82, 2.24) is 14.7 Å². The monoisotopic (exact) mass is 381 g/mol. The third-order valence-electron chi connectivity index (χ3n) is 6.21. The smallest absolute Gasteiger partial charge is 0.248 e. The predicted molar refractivity (Wildman–Crippen MR) is 102 cm³/mol. The number of hydrogen-bond acceptors (Lipinski definition) is 5. The van der Waals surface area contributed by atoms with E-state index >= 15 is 0 Å². The van der Waals surface area contributed by atoms with Gasteiger partial charge < -0.3 is 19.3 Å². The van der Waals surface area contributed by atoms with Crippen LogP contribution >= 0.6 is 0 Å². The Kier molecular flexibility index (Phi) is 7.91. The molecule has 3 heterocycles. The van der Waals surface area contributed by atoms with E-state index in [4.69, 9.17) is 9.47 Å². The minimum Gasteiger partial charge on any atom is -0.382 e. The fourth-order valence-corrected chi connectivity index (χ4v) is 4.61. The highest BCUT2D eigenvalue weighted by Crippen LogP contribution is 2.26. The topological polar surface area (TPSA) is 62.3 Å². The van der Waals surface area contributed by atoms with Gasteiger partial charge in [-0.1, -0.05) is 0 Å². The summed E-state index contributed by atoms with van der Waals surface area (Å²) in [5.41, 5.74) is 0. The minimum absolute atomic E-state index is 0.0743. The molecule has 3 aliphatic heterocycles. The first-order valence-electron chi connectivity index (χ1n) is 10.6. The summed E-state index contributed by atoms with van der Waals surface area (Å²) in [6.07, 6.45) is 6.44. The van der Waals surface area contributed by atoms with Crippen LogP contribution in [0.25, 0.3) is 0 Å². The van der Waals surface area contributed by atoms with Gasteiger partial charge in [0.25, 0.3) is 0 Å². The van der Waals surface area contributed by atoms with Crippen molar-refractivity contribution in [1.29, 1.82) is 0 Å². The van der Waals surface area contributed by atoms with Gasteiger partial charge in [0.2, 0.25) is 11.8 Å². The molecular weight excluding hydrogens is 346 g/mol. The van der Waals surface area contributed by atoms with Crippen molar-refractivity contribution < 1.29 is 19.1 Å². The van der Waals surface area contributed by atoms with Crippen molar-refractivity contribution in [3.8, 4) is 0 Å². The molecular formula is C20H35N3O4. The van der Waals surface area contributed by atoms with Crippen molar-refractivity contribution in [2.75, 3.05) is 66.2 Å². The van der Waals surface area contributed by atoms with Crippen LogP contribution in [0.2, 0.25) is 0 Å². The third-order valence-corrected chi connectivity index (χ3v) is 6.21. The lowest BCUT2D eigenvalue weighted by Crippen LogP contribution is -2.52. The van der Waals surface area contributed by atoms with Gasteiger partial charge in [0, 0.05) is 45.9 Å². The van der Waals surface area contributed by atoms with Gasteiger partial charge in [0.05, 0.1) is 19.1 Å². The van der Waals surface area contributed by atoms with Crippen molar-refractivity contribution in [3.63, 3.8) is 0 Å². The first kappa shape index (κ1) is 20.6. The summed E-state index contributed by atoms with van der Waals surface area (Å²) in [4.78, 5) is 31.5. The molecule has 2 amide bonds. The maximum absolute atomic E-state index is 12.7. The highest BCUT2D eigenvalue weighted by Gasteiger charge is 2.34. The molecule has 0 bridgehead atoms. The van der Waals surface area contributed by atoms with E-state index in [-0.39, 0.29) is 18.4 Å². The quantitative estimate of drug-likeness (QED) is 0.615. The molecule has 0 aromatic rings. The van der Waals surface area contributed by atoms with Crippen LogP contribution in [0.5, 0.6) is 0 Å². The number of rotatable bonds is 7. The zero-order valence-corrected chi connectivity index (χ0v) is 16.7. The predicted octanol–water partition coefficient (Wildman–Crippen LogP) is 0.975. The normalized spacial score (nSPS) is 25.1. The Labute approximate surface area is 162 Å². The Bertz CT molecular complexity index is 488. The Morgan fingerprint density at radius 3 is 2.33 bits per heavy atom. The maximum Gasteiger partial charge on any atom is 0.248 e. The number of ether oxygens (including phenoxy) is 2. The summed E-state index contributed by atoms with van der Waals surface area (Å²) in [5.74, 6) is 0.619. The molecule has 3 rings (SSSR count). The molecule has 154 valence electrons. The Balaban J connectivity index is 1.41. The number of nitrogens with zero attached hydrogens (tertiary/aromatic N) is 3. The average Bonchev–Trinajstić information content (AvgIpc) is 3.25. The molecule has 0 aliphatic carbocycles. The number of carbonyl (C=O) groups is 2. The zero-order valence-electron chi connectivity index (χ0n) is 16.7. The van der Waals surface area contributed by atoms with Crippen molar-refractivity contribution >= 4 is 11.8 Å². The van der Waals surface area contributed by atoms with E-state index in [0.717, 1.165) is 77.8 Å². The molecule has 7 nitrogen and oxygen atoms in total. The largest absolute Gasteiger partial charge is 0.382 e. The van der Waals surface area contributed by atoms with Gasteiger partial charge >= 0.3 is 0 Å². The summed E-state index contributed by atoms with van der Waals surface area (Å²) in [6.45, 7) is 6.57. The van der Waals surface area contributed by atoms with Crippen LogP contribution in [-0.2, 0) is 19.1 Å². The molecule has 1 atom stereocenters. The molecule has 0 aromatic heterocycles. The van der Waals surface area contributed by atoms with E-state index in [0.29, 0.717) is 25.2 Å². The molecule has 3 saturated heterocycles. The van der Waals surface area contributed by atoms with E-state index < -0.39 is 0 Å². The molecule has 0 spiro atoms. The molecule has 27 heavy (non-hydrogen) atoms. The van der Waals surface area contributed by atoms with Gasteiger partial charge in [-0.2, -0.15) is 0 Å².